The van der Waals surface area contributed by atoms with E-state index in [2.05, 4.69) is 15.4 Å². The van der Waals surface area contributed by atoms with E-state index in [0.29, 0.717) is 17.0 Å². The number of nitrogens with one attached hydrogen (secondary N) is 1. The largest absolute Gasteiger partial charge is 0.350 e. The molecule has 3 rings (SSSR count). The van der Waals surface area contributed by atoms with Crippen molar-refractivity contribution < 1.29 is 9.72 Å². The molecule has 10 nitrogen and oxygen atoms in total. The third-order valence-electron chi connectivity index (χ3n) is 3.91. The molecule has 10 heteroatoms. The second-order valence-electron chi connectivity index (χ2n) is 5.69. The molecule has 0 saturated carbocycles. The lowest BCUT2D eigenvalue weighted by atomic mass is 10.2. The van der Waals surface area contributed by atoms with Crippen molar-refractivity contribution in [2.45, 2.75) is 6.54 Å². The van der Waals surface area contributed by atoms with Crippen LogP contribution in [-0.4, -0.2) is 36.7 Å². The van der Waals surface area contributed by atoms with Crippen molar-refractivity contribution >= 4 is 11.6 Å². The van der Waals surface area contributed by atoms with Gasteiger partial charge in [0, 0.05) is 49.2 Å². The highest BCUT2D eigenvalue weighted by Crippen LogP contribution is 2.13. The number of rotatable bonds is 6. The van der Waals surface area contributed by atoms with Gasteiger partial charge in [0.05, 0.1) is 11.5 Å². The highest BCUT2D eigenvalue weighted by atomic mass is 16.6. The number of benzene rings is 1. The molecule has 1 N–H and O–H groups in total. The van der Waals surface area contributed by atoms with Crippen LogP contribution in [0.2, 0.25) is 0 Å². The molecule has 0 fully saturated rings. The molecule has 138 valence electrons. The minimum absolute atomic E-state index is 0.0884. The van der Waals surface area contributed by atoms with Crippen molar-refractivity contribution in [1.29, 1.82) is 0 Å². The predicted molar refractivity (Wildman–Crippen MR) is 96.1 cm³/mol. The highest BCUT2D eigenvalue weighted by Gasteiger charge is 2.13. The van der Waals surface area contributed by atoms with E-state index in [9.17, 15) is 19.7 Å². The first-order chi connectivity index (χ1) is 13.0. The Labute approximate surface area is 153 Å². The Morgan fingerprint density at radius 1 is 1.26 bits per heavy atom. The molecule has 2 aromatic heterocycles. The van der Waals surface area contributed by atoms with Crippen LogP contribution in [0.1, 0.15) is 10.4 Å². The van der Waals surface area contributed by atoms with Gasteiger partial charge < -0.3 is 5.32 Å². The Kier molecular flexibility index (Phi) is 5.06. The second-order valence-corrected chi connectivity index (χ2v) is 5.69. The first-order valence-electron chi connectivity index (χ1n) is 8.04. The van der Waals surface area contributed by atoms with Crippen LogP contribution < -0.4 is 11.0 Å². The lowest BCUT2D eigenvalue weighted by Gasteiger charge is -2.04. The number of non-ortho nitro benzene ring substituents is 1. The van der Waals surface area contributed by atoms with Gasteiger partial charge in [-0.1, -0.05) is 0 Å². The molecule has 0 saturated heterocycles. The molecule has 27 heavy (non-hydrogen) atoms. The van der Waals surface area contributed by atoms with E-state index in [1.807, 2.05) is 0 Å². The monoisotopic (exact) mass is 368 g/mol. The average molecular weight is 368 g/mol. The molecule has 3 aromatic rings. The van der Waals surface area contributed by atoms with Crippen LogP contribution in [0.25, 0.3) is 11.4 Å². The van der Waals surface area contributed by atoms with E-state index in [1.165, 1.54) is 33.5 Å². The SMILES string of the molecule is Cn1c(-c2cccnc2)nn(CCNC(=O)c2ccc([N+](=O)[O-])cc2)c1=O. The summed E-state index contributed by atoms with van der Waals surface area (Å²) in [4.78, 5) is 38.5. The first kappa shape index (κ1) is 18.0. The molecule has 0 aliphatic rings. The lowest BCUT2D eigenvalue weighted by molar-refractivity contribution is -0.384. The topological polar surface area (TPSA) is 125 Å². The highest BCUT2D eigenvalue weighted by molar-refractivity contribution is 5.94. The fourth-order valence-electron chi connectivity index (χ4n) is 2.49. The number of pyridine rings is 1. The number of carbonyl (C=O) groups excluding carboxylic acids is 1. The number of hydrogen-bond donors (Lipinski definition) is 1. The summed E-state index contributed by atoms with van der Waals surface area (Å²) in [5, 5.41) is 17.6. The fraction of sp³-hybridized carbons (Fsp3) is 0.176. The zero-order valence-electron chi connectivity index (χ0n) is 14.4. The van der Waals surface area contributed by atoms with Gasteiger partial charge in [0.1, 0.15) is 0 Å². The lowest BCUT2D eigenvalue weighted by Crippen LogP contribution is -2.31. The zero-order chi connectivity index (χ0) is 19.4. The predicted octanol–water partition coefficient (Wildman–Crippen LogP) is 0.982. The fourth-order valence-corrected chi connectivity index (χ4v) is 2.49. The molecule has 1 aromatic carbocycles. The van der Waals surface area contributed by atoms with Crippen LogP contribution >= 0.6 is 0 Å². The normalized spacial score (nSPS) is 10.6. The molecule has 0 unspecified atom stereocenters. The molecule has 0 bridgehead atoms. The summed E-state index contributed by atoms with van der Waals surface area (Å²) in [6.45, 7) is 0.366. The molecule has 0 aliphatic heterocycles. The Hall–Kier alpha value is -3.82. The molecular weight excluding hydrogens is 352 g/mol. The first-order valence-corrected chi connectivity index (χ1v) is 8.04. The van der Waals surface area contributed by atoms with Gasteiger partial charge in [-0.15, -0.1) is 5.10 Å². The van der Waals surface area contributed by atoms with Gasteiger partial charge in [0.2, 0.25) is 0 Å². The van der Waals surface area contributed by atoms with Gasteiger partial charge in [-0.3, -0.25) is 24.5 Å². The third-order valence-corrected chi connectivity index (χ3v) is 3.91. The molecule has 0 spiro atoms. The van der Waals surface area contributed by atoms with Crippen LogP contribution in [0.15, 0.2) is 53.6 Å². The Bertz CT molecular complexity index is 1020. The molecule has 2 heterocycles. The van der Waals surface area contributed by atoms with Crippen molar-refractivity contribution in [3.05, 3.63) is 75.0 Å². The Morgan fingerprint density at radius 3 is 2.63 bits per heavy atom. The Morgan fingerprint density at radius 2 is 2.00 bits per heavy atom. The van der Waals surface area contributed by atoms with E-state index in [0.717, 1.165) is 0 Å². The van der Waals surface area contributed by atoms with E-state index in [4.69, 9.17) is 0 Å². The van der Waals surface area contributed by atoms with Crippen LogP contribution in [0.4, 0.5) is 5.69 Å². The summed E-state index contributed by atoms with van der Waals surface area (Å²) >= 11 is 0. The number of aromatic nitrogens is 4. The van der Waals surface area contributed by atoms with Gasteiger partial charge in [0.25, 0.3) is 11.6 Å². The minimum atomic E-state index is -0.533. The number of nitro benzene ring substituents is 1. The summed E-state index contributed by atoms with van der Waals surface area (Å²) in [5.74, 6) is 0.0937. The van der Waals surface area contributed by atoms with Crippen molar-refractivity contribution in [3.8, 4) is 11.4 Å². The van der Waals surface area contributed by atoms with Crippen molar-refractivity contribution in [3.63, 3.8) is 0 Å². The second kappa shape index (κ2) is 7.60. The summed E-state index contributed by atoms with van der Waals surface area (Å²) < 4.78 is 2.67. The van der Waals surface area contributed by atoms with Gasteiger partial charge in [-0.25, -0.2) is 9.48 Å². The quantitative estimate of drug-likeness (QED) is 0.511. The summed E-state index contributed by atoms with van der Waals surface area (Å²) in [5.41, 5.74) is 0.615. The molecular formula is C17H16N6O4. The maximum Gasteiger partial charge on any atom is 0.345 e. The van der Waals surface area contributed by atoms with Crippen molar-refractivity contribution in [2.24, 2.45) is 7.05 Å². The zero-order valence-corrected chi connectivity index (χ0v) is 14.4. The smallest absolute Gasteiger partial charge is 0.345 e. The van der Waals surface area contributed by atoms with Crippen LogP contribution in [0, 0.1) is 10.1 Å². The molecule has 0 atom stereocenters. The number of nitro groups is 1. The number of carbonyl (C=O) groups is 1. The van der Waals surface area contributed by atoms with E-state index >= 15 is 0 Å². The summed E-state index contributed by atoms with van der Waals surface area (Å²) in [6, 6.07) is 8.83. The van der Waals surface area contributed by atoms with Gasteiger partial charge in [0.15, 0.2) is 5.82 Å². The van der Waals surface area contributed by atoms with Gasteiger partial charge in [-0.2, -0.15) is 0 Å². The van der Waals surface area contributed by atoms with Crippen molar-refractivity contribution in [1.82, 2.24) is 24.6 Å². The minimum Gasteiger partial charge on any atom is -0.350 e. The van der Waals surface area contributed by atoms with Crippen LogP contribution in [0.5, 0.6) is 0 Å². The van der Waals surface area contributed by atoms with E-state index in [-0.39, 0.29) is 30.4 Å². The summed E-state index contributed by atoms with van der Waals surface area (Å²) in [7, 11) is 1.61. The van der Waals surface area contributed by atoms with E-state index < -0.39 is 4.92 Å². The maximum absolute atomic E-state index is 12.3. The van der Waals surface area contributed by atoms with Crippen LogP contribution in [0.3, 0.4) is 0 Å². The Balaban J connectivity index is 1.64. The number of hydrogen-bond acceptors (Lipinski definition) is 6. The summed E-state index contributed by atoms with van der Waals surface area (Å²) in [6.07, 6.45) is 3.24. The number of amides is 1. The van der Waals surface area contributed by atoms with Crippen molar-refractivity contribution in [2.75, 3.05) is 6.54 Å². The van der Waals surface area contributed by atoms with Crippen LogP contribution in [-0.2, 0) is 13.6 Å². The van der Waals surface area contributed by atoms with Gasteiger partial charge >= 0.3 is 5.69 Å². The van der Waals surface area contributed by atoms with E-state index in [1.54, 1.807) is 31.6 Å². The number of nitrogens with zero attached hydrogens (tertiary/aromatic N) is 5. The van der Waals surface area contributed by atoms with Gasteiger partial charge in [-0.05, 0) is 24.3 Å². The standard InChI is InChI=1S/C17H16N6O4/c1-21-15(13-3-2-8-18-11-13)20-22(17(21)25)10-9-19-16(24)12-4-6-14(7-5-12)23(26)27/h2-8,11H,9-10H2,1H3,(H,19,24). The molecule has 1 amide bonds. The third kappa shape index (κ3) is 3.89. The maximum atomic E-state index is 12.3. The molecule has 0 radical (unpaired) electrons. The average Bonchev–Trinajstić information content (AvgIpc) is 2.97. The molecule has 0 aliphatic carbocycles.